The second-order valence-corrected chi connectivity index (χ2v) is 6.72. The molecule has 7 nitrogen and oxygen atoms in total. The maximum absolute atomic E-state index is 4.56. The van der Waals surface area contributed by atoms with Crippen LogP contribution >= 0.6 is 23.1 Å². The highest BCUT2D eigenvalue weighted by molar-refractivity contribution is 7.98. The number of thiazole rings is 1. The molecule has 0 spiro atoms. The van der Waals surface area contributed by atoms with Gasteiger partial charge in [0.15, 0.2) is 4.96 Å². The van der Waals surface area contributed by atoms with Crippen LogP contribution in [-0.2, 0) is 12.3 Å². The average molecular weight is 323 g/mol. The van der Waals surface area contributed by atoms with E-state index in [-0.39, 0.29) is 0 Å². The van der Waals surface area contributed by atoms with E-state index in [9.17, 15) is 0 Å². The Morgan fingerprint density at radius 1 is 1.43 bits per heavy atom. The van der Waals surface area contributed by atoms with Gasteiger partial charge < -0.3 is 5.32 Å². The van der Waals surface area contributed by atoms with Gasteiger partial charge >= 0.3 is 0 Å². The summed E-state index contributed by atoms with van der Waals surface area (Å²) in [5, 5.41) is 18.1. The number of thioether (sulfide) groups is 1. The number of hydrogen-bond acceptors (Lipinski definition) is 7. The van der Waals surface area contributed by atoms with E-state index in [1.165, 1.54) is 0 Å². The quantitative estimate of drug-likeness (QED) is 0.667. The molecule has 0 aliphatic carbocycles. The summed E-state index contributed by atoms with van der Waals surface area (Å²) in [5.74, 6) is 0.770. The first-order chi connectivity index (χ1) is 10.2. The molecule has 0 saturated carbocycles. The molecule has 0 aliphatic rings. The van der Waals surface area contributed by atoms with Crippen molar-refractivity contribution in [1.29, 1.82) is 0 Å². The van der Waals surface area contributed by atoms with Crippen LogP contribution in [0.15, 0.2) is 22.9 Å². The van der Waals surface area contributed by atoms with Crippen molar-refractivity contribution in [3.8, 4) is 0 Å². The van der Waals surface area contributed by atoms with Gasteiger partial charge in [0.2, 0.25) is 5.16 Å². The Morgan fingerprint density at radius 2 is 2.33 bits per heavy atom. The largest absolute Gasteiger partial charge is 0.313 e. The van der Waals surface area contributed by atoms with Crippen molar-refractivity contribution >= 4 is 28.1 Å². The first-order valence-electron chi connectivity index (χ1n) is 6.76. The van der Waals surface area contributed by atoms with Gasteiger partial charge in [-0.1, -0.05) is 25.6 Å². The Kier molecular flexibility index (Phi) is 4.51. The monoisotopic (exact) mass is 323 g/mol. The highest BCUT2D eigenvalue weighted by Crippen LogP contribution is 2.20. The minimum atomic E-state index is 0.469. The Balaban J connectivity index is 1.57. The van der Waals surface area contributed by atoms with Gasteiger partial charge in [-0.2, -0.15) is 0 Å². The smallest absolute Gasteiger partial charge is 0.209 e. The average Bonchev–Trinajstić information content (AvgIpc) is 3.10. The van der Waals surface area contributed by atoms with E-state index < -0.39 is 0 Å². The van der Waals surface area contributed by atoms with E-state index >= 15 is 0 Å². The van der Waals surface area contributed by atoms with Gasteiger partial charge in [0.1, 0.15) is 0 Å². The predicted octanol–water partition coefficient (Wildman–Crippen LogP) is 1.67. The van der Waals surface area contributed by atoms with Gasteiger partial charge in [-0.05, 0) is 10.4 Å². The fraction of sp³-hybridized carbons (Fsp3) is 0.500. The summed E-state index contributed by atoms with van der Waals surface area (Å²) in [7, 11) is 0. The van der Waals surface area contributed by atoms with Crippen LogP contribution in [0.25, 0.3) is 4.96 Å². The predicted molar refractivity (Wildman–Crippen MR) is 83.6 cm³/mol. The number of nitrogens with one attached hydrogen (secondary N) is 1. The molecule has 0 saturated heterocycles. The molecule has 0 aromatic carbocycles. The summed E-state index contributed by atoms with van der Waals surface area (Å²) in [6, 6.07) is 0.469. The maximum atomic E-state index is 4.56. The standard InChI is InChI=1S/C12H17N7S2/c1-9(2)13-3-4-19-12(15-16-17-19)21-8-10-7-18-5-6-20-11(18)14-10/h5-7,9,13H,3-4,8H2,1-2H3. The molecule has 3 aromatic rings. The third-order valence-electron chi connectivity index (χ3n) is 2.87. The first-order valence-corrected chi connectivity index (χ1v) is 8.62. The summed E-state index contributed by atoms with van der Waals surface area (Å²) < 4.78 is 3.87. The molecule has 3 rings (SSSR count). The van der Waals surface area contributed by atoms with Gasteiger partial charge in [0.25, 0.3) is 0 Å². The highest BCUT2D eigenvalue weighted by atomic mass is 32.2. The van der Waals surface area contributed by atoms with Crippen molar-refractivity contribution in [2.24, 2.45) is 0 Å². The maximum Gasteiger partial charge on any atom is 0.209 e. The zero-order valence-corrected chi connectivity index (χ0v) is 13.6. The zero-order chi connectivity index (χ0) is 14.7. The van der Waals surface area contributed by atoms with Crippen LogP contribution in [0.2, 0.25) is 0 Å². The summed E-state index contributed by atoms with van der Waals surface area (Å²) in [6.07, 6.45) is 4.07. The van der Waals surface area contributed by atoms with Crippen molar-refractivity contribution in [2.75, 3.05) is 6.54 Å². The van der Waals surface area contributed by atoms with Crippen LogP contribution in [0.1, 0.15) is 19.5 Å². The fourth-order valence-electron chi connectivity index (χ4n) is 1.88. The summed E-state index contributed by atoms with van der Waals surface area (Å²) in [5.41, 5.74) is 1.04. The lowest BCUT2D eigenvalue weighted by Crippen LogP contribution is -2.27. The van der Waals surface area contributed by atoms with E-state index in [0.29, 0.717) is 6.04 Å². The lowest BCUT2D eigenvalue weighted by molar-refractivity contribution is 0.485. The Hall–Kier alpha value is -1.45. The fourth-order valence-corrected chi connectivity index (χ4v) is 3.39. The SMILES string of the molecule is CC(C)NCCn1nnnc1SCc1cn2ccsc2n1. The van der Waals surface area contributed by atoms with Crippen LogP contribution in [0.5, 0.6) is 0 Å². The van der Waals surface area contributed by atoms with E-state index in [0.717, 1.165) is 34.7 Å². The Bertz CT molecular complexity index is 671. The van der Waals surface area contributed by atoms with E-state index in [4.69, 9.17) is 0 Å². The minimum Gasteiger partial charge on any atom is -0.313 e. The molecular formula is C12H17N7S2. The summed E-state index contributed by atoms with van der Waals surface area (Å²) >= 11 is 3.25. The van der Waals surface area contributed by atoms with Crippen molar-refractivity contribution in [3.05, 3.63) is 23.5 Å². The molecule has 0 aliphatic heterocycles. The third kappa shape index (κ3) is 3.60. The Morgan fingerprint density at radius 3 is 3.14 bits per heavy atom. The van der Waals surface area contributed by atoms with Crippen LogP contribution in [-0.4, -0.2) is 42.2 Å². The molecular weight excluding hydrogens is 306 g/mol. The third-order valence-corrected chi connectivity index (χ3v) is 4.63. The van der Waals surface area contributed by atoms with E-state index in [2.05, 4.69) is 39.7 Å². The molecule has 9 heteroatoms. The molecule has 0 bridgehead atoms. The lowest BCUT2D eigenvalue weighted by atomic mass is 10.4. The van der Waals surface area contributed by atoms with Gasteiger partial charge in [-0.3, -0.25) is 4.40 Å². The highest BCUT2D eigenvalue weighted by Gasteiger charge is 2.09. The number of hydrogen-bond donors (Lipinski definition) is 1. The number of imidazole rings is 1. The number of fused-ring (bicyclic) bond motifs is 1. The molecule has 21 heavy (non-hydrogen) atoms. The molecule has 1 N–H and O–H groups in total. The molecule has 0 unspecified atom stereocenters. The van der Waals surface area contributed by atoms with E-state index in [1.54, 1.807) is 23.1 Å². The molecule has 112 valence electrons. The molecule has 3 aromatic heterocycles. The van der Waals surface area contributed by atoms with Crippen LogP contribution in [0, 0.1) is 0 Å². The molecule has 3 heterocycles. The molecule has 0 atom stereocenters. The van der Waals surface area contributed by atoms with Crippen LogP contribution < -0.4 is 5.32 Å². The number of aromatic nitrogens is 6. The van der Waals surface area contributed by atoms with Gasteiger partial charge in [-0.15, -0.1) is 16.4 Å². The zero-order valence-electron chi connectivity index (χ0n) is 11.9. The number of nitrogens with zero attached hydrogens (tertiary/aromatic N) is 6. The Labute approximate surface area is 130 Å². The minimum absolute atomic E-state index is 0.469. The van der Waals surface area contributed by atoms with Crippen molar-refractivity contribution in [2.45, 2.75) is 37.3 Å². The van der Waals surface area contributed by atoms with Crippen molar-refractivity contribution < 1.29 is 0 Å². The second kappa shape index (κ2) is 6.54. The molecule has 0 radical (unpaired) electrons. The van der Waals surface area contributed by atoms with E-state index in [1.807, 2.05) is 26.9 Å². The molecule has 0 fully saturated rings. The normalized spacial score (nSPS) is 11.8. The summed E-state index contributed by atoms with van der Waals surface area (Å²) in [6.45, 7) is 5.88. The molecule has 0 amide bonds. The number of rotatable bonds is 7. The lowest BCUT2D eigenvalue weighted by Gasteiger charge is -2.08. The van der Waals surface area contributed by atoms with Gasteiger partial charge in [0.05, 0.1) is 12.2 Å². The second-order valence-electron chi connectivity index (χ2n) is 4.91. The van der Waals surface area contributed by atoms with Crippen LogP contribution in [0.3, 0.4) is 0 Å². The van der Waals surface area contributed by atoms with Gasteiger partial charge in [0, 0.05) is 36.1 Å². The van der Waals surface area contributed by atoms with Crippen molar-refractivity contribution in [3.63, 3.8) is 0 Å². The van der Waals surface area contributed by atoms with Crippen molar-refractivity contribution in [1.82, 2.24) is 34.9 Å². The van der Waals surface area contributed by atoms with Crippen LogP contribution in [0.4, 0.5) is 0 Å². The number of tetrazole rings is 1. The topological polar surface area (TPSA) is 72.9 Å². The van der Waals surface area contributed by atoms with Gasteiger partial charge in [-0.25, -0.2) is 9.67 Å². The first kappa shape index (κ1) is 14.5. The summed E-state index contributed by atoms with van der Waals surface area (Å²) in [4.78, 5) is 5.58.